The summed E-state index contributed by atoms with van der Waals surface area (Å²) in [6.07, 6.45) is 10.4. The van der Waals surface area contributed by atoms with E-state index < -0.39 is 29.1 Å². The van der Waals surface area contributed by atoms with Gasteiger partial charge in [0.15, 0.2) is 5.54 Å². The maximum atomic E-state index is 15.0. The van der Waals surface area contributed by atoms with Crippen LogP contribution in [-0.2, 0) is 21.5 Å². The van der Waals surface area contributed by atoms with Crippen LogP contribution in [0.3, 0.4) is 0 Å². The van der Waals surface area contributed by atoms with Gasteiger partial charge in [-0.1, -0.05) is 26.8 Å². The Hall–Kier alpha value is -4.12. The minimum Gasteiger partial charge on any atom is -0.496 e. The van der Waals surface area contributed by atoms with Crippen LogP contribution in [0.2, 0.25) is 0 Å². The summed E-state index contributed by atoms with van der Waals surface area (Å²) < 4.78 is 13.6. The number of carbonyl (C=O) groups excluding carboxylic acids is 2. The number of amides is 1. The van der Waals surface area contributed by atoms with E-state index >= 15 is 4.79 Å². The molecule has 1 aliphatic heterocycles. The minimum atomic E-state index is -1.46. The van der Waals surface area contributed by atoms with Crippen molar-refractivity contribution in [1.29, 1.82) is 0 Å². The molecule has 10 nitrogen and oxygen atoms in total. The van der Waals surface area contributed by atoms with Crippen LogP contribution in [0.1, 0.15) is 91.4 Å². The van der Waals surface area contributed by atoms with Crippen molar-refractivity contribution in [2.45, 2.75) is 89.9 Å². The topological polar surface area (TPSA) is 112 Å². The summed E-state index contributed by atoms with van der Waals surface area (Å²) >= 11 is 1.49. The summed E-state index contributed by atoms with van der Waals surface area (Å²) in [6.45, 7) is 13.8. The molecule has 1 aliphatic rings. The Bertz CT molecular complexity index is 1620. The van der Waals surface area contributed by atoms with Gasteiger partial charge in [-0.15, -0.1) is 11.3 Å². The molecule has 0 spiro atoms. The Morgan fingerprint density at radius 1 is 1.07 bits per heavy atom. The van der Waals surface area contributed by atoms with Gasteiger partial charge in [-0.3, -0.25) is 19.4 Å². The molecule has 1 saturated heterocycles. The standard InChI is InChI=1S/C33H40N6O4S/c1-21-18-36-28(44-21)27-23(25-19-34-13-14-35-25)17-33(20-38-15-9-12-37-38,30(41)43-32(5,6)7)39(27)29(40)22-10-11-24(31(2,3)4)26(16-22)42-8/h9-16,18-19,23,27H,17,20H2,1-8H3/t23-,27-,33-/m1/s1. The van der Waals surface area contributed by atoms with Crippen molar-refractivity contribution < 1.29 is 19.1 Å². The number of hydrogen-bond donors (Lipinski definition) is 0. The molecule has 1 fully saturated rings. The maximum absolute atomic E-state index is 15.0. The highest BCUT2D eigenvalue weighted by atomic mass is 32.1. The second-order valence-electron chi connectivity index (χ2n) is 13.3. The Balaban J connectivity index is 1.77. The predicted molar refractivity (Wildman–Crippen MR) is 168 cm³/mol. The lowest BCUT2D eigenvalue weighted by Gasteiger charge is -2.40. The van der Waals surface area contributed by atoms with Gasteiger partial charge in [0.2, 0.25) is 0 Å². The van der Waals surface area contributed by atoms with Crippen molar-refractivity contribution in [2.24, 2.45) is 0 Å². The van der Waals surface area contributed by atoms with Crippen molar-refractivity contribution in [1.82, 2.24) is 29.6 Å². The van der Waals surface area contributed by atoms with Crippen LogP contribution >= 0.6 is 11.3 Å². The largest absolute Gasteiger partial charge is 0.496 e. The van der Waals surface area contributed by atoms with Crippen LogP contribution < -0.4 is 4.74 Å². The highest BCUT2D eigenvalue weighted by molar-refractivity contribution is 7.11. The fraction of sp³-hybridized carbons (Fsp3) is 0.455. The third-order valence-corrected chi connectivity index (χ3v) is 8.75. The number of ether oxygens (including phenoxy) is 2. The molecule has 0 saturated carbocycles. The number of likely N-dealkylation sites (tertiary alicyclic amines) is 1. The van der Waals surface area contributed by atoms with Gasteiger partial charge in [-0.2, -0.15) is 5.10 Å². The molecule has 11 heteroatoms. The number of rotatable bonds is 7. The number of esters is 1. The summed E-state index contributed by atoms with van der Waals surface area (Å²) in [4.78, 5) is 46.0. The SMILES string of the molecule is COc1cc(C(=O)N2[C@@H](c3ncc(C)s3)[C@@H](c3cnccn3)C[C@@]2(Cn2cccn2)C(=O)OC(C)(C)C)ccc1C(C)(C)C. The molecule has 1 aromatic carbocycles. The molecular formula is C33H40N6O4S. The van der Waals surface area contributed by atoms with Crippen LogP contribution in [0.25, 0.3) is 0 Å². The first-order valence-corrected chi connectivity index (χ1v) is 15.5. The normalized spacial score (nSPS) is 20.5. The van der Waals surface area contributed by atoms with E-state index in [0.717, 1.165) is 10.4 Å². The molecule has 0 aliphatic carbocycles. The summed E-state index contributed by atoms with van der Waals surface area (Å²) in [5.74, 6) is -0.663. The fourth-order valence-corrected chi connectivity index (χ4v) is 6.84. The lowest BCUT2D eigenvalue weighted by molar-refractivity contribution is -0.168. The van der Waals surface area contributed by atoms with Crippen molar-refractivity contribution in [2.75, 3.05) is 7.11 Å². The second kappa shape index (κ2) is 11.8. The minimum absolute atomic E-state index is 0.0789. The zero-order valence-corrected chi connectivity index (χ0v) is 27.4. The summed E-state index contributed by atoms with van der Waals surface area (Å²) in [6, 6.07) is 6.65. The van der Waals surface area contributed by atoms with Gasteiger partial charge in [0.1, 0.15) is 16.4 Å². The fourth-order valence-electron chi connectivity index (χ4n) is 5.91. The van der Waals surface area contributed by atoms with E-state index in [1.807, 2.05) is 33.8 Å². The molecule has 5 rings (SSSR count). The number of benzene rings is 1. The molecule has 0 N–H and O–H groups in total. The summed E-state index contributed by atoms with van der Waals surface area (Å²) in [7, 11) is 1.60. The predicted octanol–water partition coefficient (Wildman–Crippen LogP) is 5.90. The first kappa shape index (κ1) is 31.3. The quantitative estimate of drug-likeness (QED) is 0.236. The van der Waals surface area contributed by atoms with E-state index in [0.29, 0.717) is 22.0 Å². The molecule has 0 bridgehead atoms. The summed E-state index contributed by atoms with van der Waals surface area (Å²) in [5.41, 5.74) is -0.454. The van der Waals surface area contributed by atoms with Crippen molar-refractivity contribution >= 4 is 23.2 Å². The Kier molecular flexibility index (Phi) is 8.37. The molecule has 232 valence electrons. The number of carbonyl (C=O) groups is 2. The summed E-state index contributed by atoms with van der Waals surface area (Å²) in [5, 5.41) is 5.15. The maximum Gasteiger partial charge on any atom is 0.334 e. The average molecular weight is 617 g/mol. The molecule has 3 atom stereocenters. The second-order valence-corrected chi connectivity index (χ2v) is 14.5. The van der Waals surface area contributed by atoms with E-state index in [4.69, 9.17) is 14.5 Å². The van der Waals surface area contributed by atoms with Crippen LogP contribution in [0.15, 0.2) is 61.4 Å². The smallest absolute Gasteiger partial charge is 0.334 e. The van der Waals surface area contributed by atoms with E-state index in [9.17, 15) is 4.79 Å². The van der Waals surface area contributed by atoms with Gasteiger partial charge in [-0.05, 0) is 63.3 Å². The number of aromatic nitrogens is 5. The van der Waals surface area contributed by atoms with E-state index in [2.05, 4.69) is 35.8 Å². The Labute approximate surface area is 262 Å². The third kappa shape index (κ3) is 6.10. The molecular weight excluding hydrogens is 576 g/mol. The number of nitrogens with zero attached hydrogens (tertiary/aromatic N) is 6. The van der Waals surface area contributed by atoms with E-state index in [1.54, 1.807) is 72.1 Å². The number of hydrogen-bond acceptors (Lipinski definition) is 9. The van der Waals surface area contributed by atoms with Crippen molar-refractivity contribution in [3.05, 3.63) is 88.2 Å². The third-order valence-electron chi connectivity index (χ3n) is 7.77. The van der Waals surface area contributed by atoms with Gasteiger partial charge in [0.05, 0.1) is 25.4 Å². The first-order chi connectivity index (χ1) is 20.7. The van der Waals surface area contributed by atoms with Gasteiger partial charge in [0.25, 0.3) is 5.91 Å². The lowest BCUT2D eigenvalue weighted by atomic mass is 9.85. The zero-order chi connectivity index (χ0) is 31.9. The monoisotopic (exact) mass is 616 g/mol. The molecule has 44 heavy (non-hydrogen) atoms. The highest BCUT2D eigenvalue weighted by Gasteiger charge is 2.62. The van der Waals surface area contributed by atoms with E-state index in [-0.39, 0.29) is 24.3 Å². The zero-order valence-electron chi connectivity index (χ0n) is 26.6. The number of thiazole rings is 1. The lowest BCUT2D eigenvalue weighted by Crippen LogP contribution is -2.58. The molecule has 1 amide bonds. The highest BCUT2D eigenvalue weighted by Crippen LogP contribution is 2.54. The Morgan fingerprint density at radius 2 is 1.84 bits per heavy atom. The molecule has 3 aromatic heterocycles. The molecule has 0 unspecified atom stereocenters. The average Bonchev–Trinajstić information content (AvgIpc) is 3.71. The van der Waals surface area contributed by atoms with Crippen molar-refractivity contribution in [3.8, 4) is 5.75 Å². The van der Waals surface area contributed by atoms with Crippen LogP contribution in [-0.4, -0.2) is 59.8 Å². The molecule has 4 aromatic rings. The number of aryl methyl sites for hydroxylation is 1. The van der Waals surface area contributed by atoms with Gasteiger partial charge < -0.3 is 14.4 Å². The first-order valence-electron chi connectivity index (χ1n) is 14.6. The van der Waals surface area contributed by atoms with Crippen LogP contribution in [0.4, 0.5) is 0 Å². The van der Waals surface area contributed by atoms with Crippen molar-refractivity contribution in [3.63, 3.8) is 0 Å². The Morgan fingerprint density at radius 3 is 2.41 bits per heavy atom. The van der Waals surface area contributed by atoms with Gasteiger partial charge >= 0.3 is 5.97 Å². The van der Waals surface area contributed by atoms with Gasteiger partial charge in [-0.25, -0.2) is 9.78 Å². The van der Waals surface area contributed by atoms with Crippen LogP contribution in [0.5, 0.6) is 5.75 Å². The number of methoxy groups -OCH3 is 1. The van der Waals surface area contributed by atoms with Gasteiger partial charge in [0, 0.05) is 53.5 Å². The molecule has 0 radical (unpaired) electrons. The molecule has 4 heterocycles. The van der Waals surface area contributed by atoms with E-state index in [1.165, 1.54) is 11.3 Å². The van der Waals surface area contributed by atoms with Crippen LogP contribution in [0, 0.1) is 6.92 Å².